The highest BCUT2D eigenvalue weighted by Crippen LogP contribution is 2.06. The number of methoxy groups -OCH3 is 1. The summed E-state index contributed by atoms with van der Waals surface area (Å²) in [5, 5.41) is 0. The lowest BCUT2D eigenvalue weighted by Gasteiger charge is -1.98. The van der Waals surface area contributed by atoms with Crippen LogP contribution in [0.3, 0.4) is 0 Å². The van der Waals surface area contributed by atoms with Gasteiger partial charge in [0, 0.05) is 12.8 Å². The van der Waals surface area contributed by atoms with E-state index in [1.807, 2.05) is 6.07 Å². The Labute approximate surface area is 135 Å². The zero-order valence-electron chi connectivity index (χ0n) is 14.3. The molecule has 0 bridgehead atoms. The minimum absolute atomic E-state index is 0.291. The zero-order chi connectivity index (χ0) is 16.6. The van der Waals surface area contributed by atoms with Gasteiger partial charge in [0.15, 0.2) is 0 Å². The second-order valence-electron chi connectivity index (χ2n) is 5.31. The maximum absolute atomic E-state index is 11.2. The van der Waals surface area contributed by atoms with E-state index in [0.29, 0.717) is 11.3 Å². The van der Waals surface area contributed by atoms with Crippen LogP contribution in [-0.2, 0) is 9.53 Å². The van der Waals surface area contributed by atoms with Crippen LogP contribution in [0.2, 0.25) is 0 Å². The summed E-state index contributed by atoms with van der Waals surface area (Å²) in [4.78, 5) is 22.0. The van der Waals surface area contributed by atoms with Gasteiger partial charge in [-0.2, -0.15) is 0 Å². The van der Waals surface area contributed by atoms with E-state index in [1.54, 1.807) is 24.3 Å². The van der Waals surface area contributed by atoms with Gasteiger partial charge in [0.25, 0.3) is 0 Å². The van der Waals surface area contributed by atoms with E-state index in [-0.39, 0.29) is 5.97 Å². The Hall–Kier alpha value is -1.64. The number of Topliss-reactive ketones (excluding diaryl/α,β-unsaturated/α-hetero) is 1. The molecule has 1 rings (SSSR count). The van der Waals surface area contributed by atoms with Gasteiger partial charge in [-0.05, 0) is 25.0 Å². The SMILES string of the molecule is CCCCCC(=O)CCCCC.COC(=O)c1ccccc1. The number of ketones is 1. The Kier molecular flexibility index (Phi) is 13.2. The van der Waals surface area contributed by atoms with Crippen LogP contribution < -0.4 is 0 Å². The molecule has 0 aromatic heterocycles. The standard InChI is InChI=1S/C11H22O.C8H8O2/c1-3-5-7-9-11(12)10-8-6-4-2;1-10-8(9)7-5-3-2-4-6-7/h3-10H2,1-2H3;2-6H,1H3. The summed E-state index contributed by atoms with van der Waals surface area (Å²) in [7, 11) is 1.37. The fourth-order valence-corrected chi connectivity index (χ4v) is 1.96. The smallest absolute Gasteiger partial charge is 0.337 e. The van der Waals surface area contributed by atoms with Gasteiger partial charge >= 0.3 is 5.97 Å². The highest BCUT2D eigenvalue weighted by Gasteiger charge is 2.01. The summed E-state index contributed by atoms with van der Waals surface area (Å²) in [5.41, 5.74) is 0.588. The highest BCUT2D eigenvalue weighted by atomic mass is 16.5. The molecule has 0 atom stereocenters. The fourth-order valence-electron chi connectivity index (χ4n) is 1.96. The van der Waals surface area contributed by atoms with Crippen molar-refractivity contribution in [1.29, 1.82) is 0 Å². The van der Waals surface area contributed by atoms with E-state index in [2.05, 4.69) is 18.6 Å². The van der Waals surface area contributed by atoms with Gasteiger partial charge < -0.3 is 4.74 Å². The first-order chi connectivity index (χ1) is 10.7. The van der Waals surface area contributed by atoms with Gasteiger partial charge in [0.1, 0.15) is 5.78 Å². The van der Waals surface area contributed by atoms with Crippen molar-refractivity contribution in [3.05, 3.63) is 35.9 Å². The molecule has 0 aliphatic heterocycles. The fraction of sp³-hybridized carbons (Fsp3) is 0.579. The Bertz CT molecular complexity index is 386. The van der Waals surface area contributed by atoms with Crippen molar-refractivity contribution in [2.75, 3.05) is 7.11 Å². The van der Waals surface area contributed by atoms with Crippen LogP contribution in [0.1, 0.15) is 75.6 Å². The van der Waals surface area contributed by atoms with Crippen LogP contribution in [0.15, 0.2) is 30.3 Å². The van der Waals surface area contributed by atoms with Gasteiger partial charge in [0.05, 0.1) is 12.7 Å². The van der Waals surface area contributed by atoms with Crippen LogP contribution in [-0.4, -0.2) is 18.9 Å². The normalized spacial score (nSPS) is 9.59. The molecule has 124 valence electrons. The topological polar surface area (TPSA) is 43.4 Å². The van der Waals surface area contributed by atoms with Crippen molar-refractivity contribution < 1.29 is 14.3 Å². The van der Waals surface area contributed by atoms with Crippen LogP contribution in [0.4, 0.5) is 0 Å². The Morgan fingerprint density at radius 2 is 1.36 bits per heavy atom. The zero-order valence-corrected chi connectivity index (χ0v) is 14.3. The highest BCUT2D eigenvalue weighted by molar-refractivity contribution is 5.89. The summed E-state index contributed by atoms with van der Waals surface area (Å²) in [6.07, 6.45) is 8.67. The predicted octanol–water partition coefficient (Wildman–Crippen LogP) is 5.19. The summed E-state index contributed by atoms with van der Waals surface area (Å²) in [5.74, 6) is 0.178. The lowest BCUT2D eigenvalue weighted by Crippen LogP contribution is -1.99. The van der Waals surface area contributed by atoms with Gasteiger partial charge in [-0.1, -0.05) is 57.7 Å². The summed E-state index contributed by atoms with van der Waals surface area (Å²) in [6, 6.07) is 8.88. The Balaban J connectivity index is 0.000000406. The molecule has 22 heavy (non-hydrogen) atoms. The molecule has 0 unspecified atom stereocenters. The number of hydrogen-bond acceptors (Lipinski definition) is 3. The van der Waals surface area contributed by atoms with Crippen LogP contribution in [0.25, 0.3) is 0 Å². The number of benzene rings is 1. The van der Waals surface area contributed by atoms with Crippen LogP contribution in [0.5, 0.6) is 0 Å². The molecule has 0 spiro atoms. The van der Waals surface area contributed by atoms with Gasteiger partial charge in [-0.15, -0.1) is 0 Å². The van der Waals surface area contributed by atoms with E-state index in [1.165, 1.54) is 32.8 Å². The molecule has 0 aliphatic rings. The molecule has 1 aromatic carbocycles. The van der Waals surface area contributed by atoms with E-state index in [4.69, 9.17) is 0 Å². The number of esters is 1. The molecule has 0 radical (unpaired) electrons. The van der Waals surface area contributed by atoms with Crippen molar-refractivity contribution >= 4 is 11.8 Å². The summed E-state index contributed by atoms with van der Waals surface area (Å²) in [6.45, 7) is 4.34. The third kappa shape index (κ3) is 11.1. The number of carbonyl (C=O) groups excluding carboxylic acids is 2. The molecule has 3 heteroatoms. The van der Waals surface area contributed by atoms with Crippen molar-refractivity contribution in [3.8, 4) is 0 Å². The molecule has 1 aromatic rings. The number of ether oxygens (including phenoxy) is 1. The number of unbranched alkanes of at least 4 members (excludes halogenated alkanes) is 4. The van der Waals surface area contributed by atoms with Crippen molar-refractivity contribution in [1.82, 2.24) is 0 Å². The third-order valence-electron chi connectivity index (χ3n) is 3.31. The average molecular weight is 306 g/mol. The molecule has 0 amide bonds. The van der Waals surface area contributed by atoms with Gasteiger partial charge in [0.2, 0.25) is 0 Å². The maximum Gasteiger partial charge on any atom is 0.337 e. The first-order valence-corrected chi connectivity index (χ1v) is 8.30. The van der Waals surface area contributed by atoms with E-state index in [9.17, 15) is 9.59 Å². The Morgan fingerprint density at radius 3 is 1.77 bits per heavy atom. The number of carbonyl (C=O) groups is 2. The first-order valence-electron chi connectivity index (χ1n) is 8.30. The molecule has 0 saturated carbocycles. The maximum atomic E-state index is 11.2. The van der Waals surface area contributed by atoms with Gasteiger partial charge in [-0.25, -0.2) is 4.79 Å². The lowest BCUT2D eigenvalue weighted by atomic mass is 10.1. The van der Waals surface area contributed by atoms with E-state index < -0.39 is 0 Å². The summed E-state index contributed by atoms with van der Waals surface area (Å²) >= 11 is 0. The number of hydrogen-bond donors (Lipinski definition) is 0. The second kappa shape index (κ2) is 14.3. The van der Waals surface area contributed by atoms with Crippen molar-refractivity contribution in [2.24, 2.45) is 0 Å². The second-order valence-corrected chi connectivity index (χ2v) is 5.31. The monoisotopic (exact) mass is 306 g/mol. The predicted molar refractivity (Wildman–Crippen MR) is 91.1 cm³/mol. The largest absolute Gasteiger partial charge is 0.465 e. The summed E-state index contributed by atoms with van der Waals surface area (Å²) < 4.78 is 4.50. The van der Waals surface area contributed by atoms with Crippen LogP contribution in [0, 0.1) is 0 Å². The first kappa shape index (κ1) is 20.4. The quantitative estimate of drug-likeness (QED) is 0.466. The minimum atomic E-state index is -0.291. The molecular weight excluding hydrogens is 276 g/mol. The molecule has 0 fully saturated rings. The molecule has 0 aliphatic carbocycles. The minimum Gasteiger partial charge on any atom is -0.465 e. The van der Waals surface area contributed by atoms with E-state index in [0.717, 1.165) is 25.7 Å². The molecular formula is C19H30O3. The van der Waals surface area contributed by atoms with E-state index >= 15 is 0 Å². The van der Waals surface area contributed by atoms with Crippen LogP contribution >= 0.6 is 0 Å². The average Bonchev–Trinajstić information content (AvgIpc) is 2.56. The molecule has 0 saturated heterocycles. The number of rotatable bonds is 9. The molecule has 0 heterocycles. The molecule has 0 N–H and O–H groups in total. The van der Waals surface area contributed by atoms with Crippen molar-refractivity contribution in [3.63, 3.8) is 0 Å². The Morgan fingerprint density at radius 1 is 0.864 bits per heavy atom. The van der Waals surface area contributed by atoms with Gasteiger partial charge in [-0.3, -0.25) is 4.79 Å². The third-order valence-corrected chi connectivity index (χ3v) is 3.31. The lowest BCUT2D eigenvalue weighted by molar-refractivity contribution is -0.119. The van der Waals surface area contributed by atoms with Crippen molar-refractivity contribution in [2.45, 2.75) is 65.2 Å². The molecule has 3 nitrogen and oxygen atoms in total.